The first-order chi connectivity index (χ1) is 10.5. The van der Waals surface area contributed by atoms with Gasteiger partial charge >= 0.3 is 0 Å². The third-order valence-electron chi connectivity index (χ3n) is 2.70. The molecule has 0 heterocycles. The molecular weight excluding hydrogens is 272 g/mol. The number of rotatable bonds is 2. The Bertz CT molecular complexity index is 732. The Morgan fingerprint density at radius 1 is 0.955 bits per heavy atom. The van der Waals surface area contributed by atoms with Crippen molar-refractivity contribution in [3.8, 4) is 29.4 Å². The Kier molecular flexibility index (Phi) is 5.26. The molecule has 0 saturated heterocycles. The summed E-state index contributed by atoms with van der Waals surface area (Å²) < 4.78 is 5.67. The van der Waals surface area contributed by atoms with Crippen LogP contribution in [-0.2, 0) is 0 Å². The Morgan fingerprint density at radius 3 is 2.36 bits per heavy atom. The van der Waals surface area contributed by atoms with Gasteiger partial charge in [-0.2, -0.15) is 0 Å². The van der Waals surface area contributed by atoms with Crippen LogP contribution in [0.1, 0.15) is 25.0 Å². The molecule has 0 spiro atoms. The summed E-state index contributed by atoms with van der Waals surface area (Å²) in [6.07, 6.45) is 0. The standard InChI is InChI=1S/C20H18O2/c1-20(2,21)15-14-18-12-6-7-13-19(18)22-16-8-11-17-9-4-3-5-10-17/h3-7,9-10,12-13,21H,16H2,1-2H3. The van der Waals surface area contributed by atoms with E-state index in [1.165, 1.54) is 0 Å². The van der Waals surface area contributed by atoms with E-state index in [0.29, 0.717) is 5.75 Å². The van der Waals surface area contributed by atoms with Crippen LogP contribution in [0.3, 0.4) is 0 Å². The number of hydrogen-bond donors (Lipinski definition) is 1. The van der Waals surface area contributed by atoms with Gasteiger partial charge in [0.1, 0.15) is 18.0 Å². The summed E-state index contributed by atoms with van der Waals surface area (Å²) in [6.45, 7) is 3.58. The maximum atomic E-state index is 9.67. The van der Waals surface area contributed by atoms with Crippen molar-refractivity contribution in [1.82, 2.24) is 0 Å². The van der Waals surface area contributed by atoms with Crippen LogP contribution < -0.4 is 4.74 Å². The molecule has 2 rings (SSSR count). The molecule has 0 unspecified atom stereocenters. The van der Waals surface area contributed by atoms with E-state index >= 15 is 0 Å². The highest BCUT2D eigenvalue weighted by Gasteiger charge is 2.06. The van der Waals surface area contributed by atoms with Gasteiger partial charge in [-0.25, -0.2) is 0 Å². The number of para-hydroxylation sites is 1. The second-order valence-electron chi connectivity index (χ2n) is 5.26. The van der Waals surface area contributed by atoms with Gasteiger partial charge in [0.05, 0.1) is 5.56 Å². The Hall–Kier alpha value is -2.68. The third kappa shape index (κ3) is 5.37. The number of hydrogen-bond acceptors (Lipinski definition) is 2. The molecule has 0 aliphatic heterocycles. The fourth-order valence-electron chi connectivity index (χ4n) is 1.69. The lowest BCUT2D eigenvalue weighted by Gasteiger charge is -2.07. The maximum absolute atomic E-state index is 9.67. The van der Waals surface area contributed by atoms with Gasteiger partial charge in [0.25, 0.3) is 0 Å². The van der Waals surface area contributed by atoms with E-state index in [4.69, 9.17) is 4.74 Å². The topological polar surface area (TPSA) is 29.5 Å². The van der Waals surface area contributed by atoms with Crippen LogP contribution in [0, 0.1) is 23.7 Å². The summed E-state index contributed by atoms with van der Waals surface area (Å²) in [4.78, 5) is 0. The van der Waals surface area contributed by atoms with Crippen LogP contribution in [0.4, 0.5) is 0 Å². The molecule has 0 amide bonds. The molecule has 0 radical (unpaired) electrons. The van der Waals surface area contributed by atoms with Crippen molar-refractivity contribution in [2.75, 3.05) is 6.61 Å². The molecule has 2 aromatic carbocycles. The Labute approximate surface area is 131 Å². The lowest BCUT2D eigenvalue weighted by atomic mass is 10.1. The number of aliphatic hydroxyl groups is 1. The average molecular weight is 290 g/mol. The van der Waals surface area contributed by atoms with Crippen molar-refractivity contribution < 1.29 is 9.84 Å². The lowest BCUT2D eigenvalue weighted by Crippen LogP contribution is -2.14. The zero-order valence-electron chi connectivity index (χ0n) is 12.8. The minimum atomic E-state index is -1.03. The Morgan fingerprint density at radius 2 is 1.64 bits per heavy atom. The molecule has 0 atom stereocenters. The van der Waals surface area contributed by atoms with Gasteiger partial charge in [-0.3, -0.25) is 0 Å². The number of benzene rings is 2. The molecule has 0 aliphatic carbocycles. The van der Waals surface area contributed by atoms with E-state index in [1.54, 1.807) is 13.8 Å². The summed E-state index contributed by atoms with van der Waals surface area (Å²) in [7, 11) is 0. The predicted octanol–water partition coefficient (Wildman–Crippen LogP) is 3.24. The molecule has 2 aromatic rings. The minimum absolute atomic E-state index is 0.288. The molecule has 110 valence electrons. The third-order valence-corrected chi connectivity index (χ3v) is 2.70. The van der Waals surface area contributed by atoms with Crippen LogP contribution in [0.5, 0.6) is 5.75 Å². The summed E-state index contributed by atoms with van der Waals surface area (Å²) in [5.74, 6) is 12.4. The highest BCUT2D eigenvalue weighted by Crippen LogP contribution is 2.16. The van der Waals surface area contributed by atoms with Gasteiger partial charge in [0.15, 0.2) is 0 Å². The van der Waals surface area contributed by atoms with Gasteiger partial charge in [0.2, 0.25) is 0 Å². The quantitative estimate of drug-likeness (QED) is 0.860. The molecule has 2 heteroatoms. The monoisotopic (exact) mass is 290 g/mol. The van der Waals surface area contributed by atoms with Crippen molar-refractivity contribution in [3.63, 3.8) is 0 Å². The SMILES string of the molecule is CC(C)(O)C#Cc1ccccc1OCC#Cc1ccccc1. The molecule has 0 aliphatic rings. The highest BCUT2D eigenvalue weighted by molar-refractivity contribution is 5.47. The molecule has 2 nitrogen and oxygen atoms in total. The zero-order valence-corrected chi connectivity index (χ0v) is 12.8. The minimum Gasteiger partial charge on any atom is -0.480 e. The van der Waals surface area contributed by atoms with Crippen molar-refractivity contribution in [3.05, 3.63) is 65.7 Å². The van der Waals surface area contributed by atoms with E-state index in [1.807, 2.05) is 54.6 Å². The molecular formula is C20H18O2. The van der Waals surface area contributed by atoms with E-state index in [0.717, 1.165) is 11.1 Å². The maximum Gasteiger partial charge on any atom is 0.149 e. The summed E-state index contributed by atoms with van der Waals surface area (Å²) >= 11 is 0. The summed E-state index contributed by atoms with van der Waals surface area (Å²) in [5, 5.41) is 9.67. The fourth-order valence-corrected chi connectivity index (χ4v) is 1.69. The lowest BCUT2D eigenvalue weighted by molar-refractivity contribution is 0.143. The van der Waals surface area contributed by atoms with Gasteiger partial charge in [0, 0.05) is 5.56 Å². The molecule has 0 fully saturated rings. The van der Waals surface area contributed by atoms with Gasteiger partial charge in [-0.15, -0.1) is 0 Å². The van der Waals surface area contributed by atoms with Crippen LogP contribution in [0.25, 0.3) is 0 Å². The van der Waals surface area contributed by atoms with Crippen molar-refractivity contribution in [2.45, 2.75) is 19.4 Å². The van der Waals surface area contributed by atoms with E-state index in [9.17, 15) is 5.11 Å². The Balaban J connectivity index is 2.05. The molecule has 22 heavy (non-hydrogen) atoms. The normalized spacial score (nSPS) is 9.95. The summed E-state index contributed by atoms with van der Waals surface area (Å²) in [5.41, 5.74) is 0.674. The van der Waals surface area contributed by atoms with Crippen LogP contribution in [-0.4, -0.2) is 17.3 Å². The van der Waals surface area contributed by atoms with Crippen LogP contribution in [0.2, 0.25) is 0 Å². The summed E-state index contributed by atoms with van der Waals surface area (Å²) in [6, 6.07) is 17.2. The average Bonchev–Trinajstić information content (AvgIpc) is 2.51. The largest absolute Gasteiger partial charge is 0.480 e. The van der Waals surface area contributed by atoms with E-state index in [-0.39, 0.29) is 6.61 Å². The molecule has 0 bridgehead atoms. The highest BCUT2D eigenvalue weighted by atomic mass is 16.5. The van der Waals surface area contributed by atoms with E-state index in [2.05, 4.69) is 23.7 Å². The molecule has 0 saturated carbocycles. The second kappa shape index (κ2) is 7.36. The second-order valence-corrected chi connectivity index (χ2v) is 5.26. The smallest absolute Gasteiger partial charge is 0.149 e. The zero-order chi connectivity index (χ0) is 15.8. The van der Waals surface area contributed by atoms with Gasteiger partial charge in [-0.1, -0.05) is 54.0 Å². The van der Waals surface area contributed by atoms with Crippen molar-refractivity contribution in [2.24, 2.45) is 0 Å². The predicted molar refractivity (Wildman–Crippen MR) is 88.4 cm³/mol. The molecule has 1 N–H and O–H groups in total. The number of ether oxygens (including phenoxy) is 1. The fraction of sp³-hybridized carbons (Fsp3) is 0.200. The van der Waals surface area contributed by atoms with Crippen molar-refractivity contribution in [1.29, 1.82) is 0 Å². The van der Waals surface area contributed by atoms with Crippen LogP contribution >= 0.6 is 0 Å². The van der Waals surface area contributed by atoms with Crippen molar-refractivity contribution >= 4 is 0 Å². The van der Waals surface area contributed by atoms with Gasteiger partial charge in [-0.05, 0) is 38.1 Å². The first kappa shape index (κ1) is 15.7. The van der Waals surface area contributed by atoms with E-state index < -0.39 is 5.60 Å². The van der Waals surface area contributed by atoms with Crippen LogP contribution in [0.15, 0.2) is 54.6 Å². The molecule has 0 aromatic heterocycles. The van der Waals surface area contributed by atoms with Gasteiger partial charge < -0.3 is 9.84 Å². The first-order valence-electron chi connectivity index (χ1n) is 7.06. The first-order valence-corrected chi connectivity index (χ1v) is 7.06.